The average molecular weight is 419 g/mol. The van der Waals surface area contributed by atoms with Gasteiger partial charge in [-0.15, -0.1) is 0 Å². The zero-order valence-electron chi connectivity index (χ0n) is 17.3. The van der Waals surface area contributed by atoms with E-state index in [0.29, 0.717) is 35.1 Å². The van der Waals surface area contributed by atoms with Gasteiger partial charge in [-0.05, 0) is 52.2 Å². The van der Waals surface area contributed by atoms with Crippen molar-refractivity contribution in [2.24, 2.45) is 5.41 Å². The molecule has 7 nitrogen and oxygen atoms in total. The summed E-state index contributed by atoms with van der Waals surface area (Å²) >= 11 is 6.69. The standard InChI is InChI=1S/C21H27ClN4O3/c1-20(2,3)26(19(28)29)16-12-14(13-23)11-15(17(16)22)25-9-6-21(7-10-25)5-8-24(4)18(21)27/h11-12H,5-10H2,1-4H3,(H,28,29). The van der Waals surface area contributed by atoms with Gasteiger partial charge in [0.25, 0.3) is 0 Å². The van der Waals surface area contributed by atoms with Crippen LogP contribution in [0.5, 0.6) is 0 Å². The minimum atomic E-state index is -1.13. The molecule has 2 amide bonds. The van der Waals surface area contributed by atoms with Crippen LogP contribution in [0, 0.1) is 16.7 Å². The fourth-order valence-corrected chi connectivity index (χ4v) is 4.75. The SMILES string of the molecule is CN1CCC2(CCN(c3cc(C#N)cc(N(C(=O)O)C(C)(C)C)c3Cl)CC2)C1=O. The van der Waals surface area contributed by atoms with Crippen molar-refractivity contribution >= 4 is 35.0 Å². The molecular weight excluding hydrogens is 392 g/mol. The number of hydrogen-bond donors (Lipinski definition) is 1. The Balaban J connectivity index is 1.96. The molecule has 2 heterocycles. The molecule has 3 rings (SSSR count). The summed E-state index contributed by atoms with van der Waals surface area (Å²) in [5.74, 6) is 0.208. The molecule has 8 heteroatoms. The fourth-order valence-electron chi connectivity index (χ4n) is 4.44. The molecule has 2 fully saturated rings. The van der Waals surface area contributed by atoms with Crippen LogP contribution >= 0.6 is 11.6 Å². The van der Waals surface area contributed by atoms with Crippen molar-refractivity contribution in [3.05, 3.63) is 22.7 Å². The Morgan fingerprint density at radius 2 is 1.83 bits per heavy atom. The number of nitriles is 1. The van der Waals surface area contributed by atoms with Crippen molar-refractivity contribution < 1.29 is 14.7 Å². The van der Waals surface area contributed by atoms with Gasteiger partial charge in [0.1, 0.15) is 0 Å². The second-order valence-electron chi connectivity index (χ2n) is 8.97. The van der Waals surface area contributed by atoms with E-state index in [4.69, 9.17) is 11.6 Å². The number of rotatable bonds is 2. The van der Waals surface area contributed by atoms with Crippen LogP contribution in [0.4, 0.5) is 16.2 Å². The number of nitrogens with zero attached hydrogens (tertiary/aromatic N) is 4. The van der Waals surface area contributed by atoms with E-state index >= 15 is 0 Å². The molecular formula is C21H27ClN4O3. The molecule has 2 aliphatic rings. The highest BCUT2D eigenvalue weighted by atomic mass is 35.5. The molecule has 2 aliphatic heterocycles. The number of piperidine rings is 1. The van der Waals surface area contributed by atoms with E-state index in [0.717, 1.165) is 25.8 Å². The molecule has 0 atom stereocenters. The number of hydrogen-bond acceptors (Lipinski definition) is 4. The van der Waals surface area contributed by atoms with Crippen LogP contribution in [0.1, 0.15) is 45.6 Å². The van der Waals surface area contributed by atoms with Crippen LogP contribution in [0.2, 0.25) is 5.02 Å². The zero-order valence-corrected chi connectivity index (χ0v) is 18.1. The van der Waals surface area contributed by atoms with Crippen LogP contribution < -0.4 is 9.80 Å². The summed E-state index contributed by atoms with van der Waals surface area (Å²) in [4.78, 5) is 29.6. The molecule has 156 valence electrons. The van der Waals surface area contributed by atoms with Gasteiger partial charge in [0.15, 0.2) is 0 Å². The molecule has 1 aromatic rings. The first kappa shape index (κ1) is 21.3. The number of anilines is 2. The maximum Gasteiger partial charge on any atom is 0.412 e. The summed E-state index contributed by atoms with van der Waals surface area (Å²) < 4.78 is 0. The second-order valence-corrected chi connectivity index (χ2v) is 9.35. The molecule has 0 saturated carbocycles. The topological polar surface area (TPSA) is 87.9 Å². The number of halogens is 1. The maximum atomic E-state index is 12.6. The molecule has 29 heavy (non-hydrogen) atoms. The minimum Gasteiger partial charge on any atom is -0.465 e. The summed E-state index contributed by atoms with van der Waals surface area (Å²) in [5.41, 5.74) is 0.272. The fraction of sp³-hybridized carbons (Fsp3) is 0.571. The summed E-state index contributed by atoms with van der Waals surface area (Å²) in [6.07, 6.45) is 1.18. The lowest BCUT2D eigenvalue weighted by Gasteiger charge is -2.40. The minimum absolute atomic E-state index is 0.208. The molecule has 1 aromatic carbocycles. The molecule has 1 spiro atoms. The predicted molar refractivity (Wildman–Crippen MR) is 113 cm³/mol. The third-order valence-corrected chi connectivity index (χ3v) is 6.44. The number of carbonyl (C=O) groups excluding carboxylic acids is 1. The Hall–Kier alpha value is -2.46. The van der Waals surface area contributed by atoms with Gasteiger partial charge >= 0.3 is 6.09 Å². The van der Waals surface area contributed by atoms with E-state index in [1.54, 1.807) is 31.7 Å². The van der Waals surface area contributed by atoms with E-state index in [1.165, 1.54) is 11.0 Å². The van der Waals surface area contributed by atoms with Gasteiger partial charge in [-0.1, -0.05) is 11.6 Å². The first-order valence-corrected chi connectivity index (χ1v) is 10.2. The lowest BCUT2D eigenvalue weighted by molar-refractivity contribution is -0.135. The summed E-state index contributed by atoms with van der Waals surface area (Å²) in [6.45, 7) is 7.40. The molecule has 0 radical (unpaired) electrons. The number of carbonyl (C=O) groups is 2. The third kappa shape index (κ3) is 3.74. The highest BCUT2D eigenvalue weighted by Gasteiger charge is 2.47. The zero-order chi connectivity index (χ0) is 21.6. The lowest BCUT2D eigenvalue weighted by atomic mass is 9.77. The van der Waals surface area contributed by atoms with Gasteiger partial charge in [-0.25, -0.2) is 4.79 Å². The Kier molecular flexibility index (Phi) is 5.44. The monoisotopic (exact) mass is 418 g/mol. The van der Waals surface area contributed by atoms with Crippen molar-refractivity contribution in [2.45, 2.75) is 45.6 Å². The van der Waals surface area contributed by atoms with E-state index in [1.807, 2.05) is 7.05 Å². The Bertz CT molecular complexity index is 879. The molecule has 0 unspecified atom stereocenters. The molecule has 1 N–H and O–H groups in total. The van der Waals surface area contributed by atoms with Gasteiger partial charge in [-0.3, -0.25) is 9.69 Å². The number of benzene rings is 1. The summed E-state index contributed by atoms with van der Waals surface area (Å²) in [7, 11) is 1.84. The normalized spacial score (nSPS) is 18.8. The number of likely N-dealkylation sites (tertiary alicyclic amines) is 1. The number of carboxylic acid groups (broad SMARTS) is 1. The molecule has 2 saturated heterocycles. The lowest BCUT2D eigenvalue weighted by Crippen LogP contribution is -2.46. The van der Waals surface area contributed by atoms with Gasteiger partial charge in [0.05, 0.1) is 33.4 Å². The number of amides is 2. The van der Waals surface area contributed by atoms with E-state index < -0.39 is 11.6 Å². The quantitative estimate of drug-likeness (QED) is 0.785. The largest absolute Gasteiger partial charge is 0.465 e. The van der Waals surface area contributed by atoms with Crippen molar-refractivity contribution in [1.82, 2.24) is 4.90 Å². The first-order valence-electron chi connectivity index (χ1n) is 9.77. The third-order valence-electron chi connectivity index (χ3n) is 6.05. The second kappa shape index (κ2) is 7.42. The van der Waals surface area contributed by atoms with Crippen LogP contribution in [0.15, 0.2) is 12.1 Å². The molecule has 0 aliphatic carbocycles. The smallest absolute Gasteiger partial charge is 0.412 e. The van der Waals surface area contributed by atoms with Gasteiger partial charge in [-0.2, -0.15) is 5.26 Å². The average Bonchev–Trinajstić information content (AvgIpc) is 2.91. The van der Waals surface area contributed by atoms with E-state index in [2.05, 4.69) is 11.0 Å². The molecule has 0 aromatic heterocycles. The Morgan fingerprint density at radius 3 is 2.28 bits per heavy atom. The van der Waals surface area contributed by atoms with Gasteiger partial charge < -0.3 is 14.9 Å². The van der Waals surface area contributed by atoms with Crippen molar-refractivity contribution in [2.75, 3.05) is 36.5 Å². The van der Waals surface area contributed by atoms with E-state index in [9.17, 15) is 20.0 Å². The van der Waals surface area contributed by atoms with Crippen LogP contribution in [-0.4, -0.2) is 54.2 Å². The Morgan fingerprint density at radius 1 is 1.24 bits per heavy atom. The van der Waals surface area contributed by atoms with Crippen LogP contribution in [0.3, 0.4) is 0 Å². The van der Waals surface area contributed by atoms with Crippen LogP contribution in [-0.2, 0) is 4.79 Å². The predicted octanol–water partition coefficient (Wildman–Crippen LogP) is 3.94. The summed E-state index contributed by atoms with van der Waals surface area (Å²) in [5, 5.41) is 19.6. The van der Waals surface area contributed by atoms with E-state index in [-0.39, 0.29) is 11.3 Å². The Labute approximate surface area is 176 Å². The van der Waals surface area contributed by atoms with Crippen molar-refractivity contribution in [1.29, 1.82) is 5.26 Å². The van der Waals surface area contributed by atoms with Gasteiger partial charge in [0.2, 0.25) is 5.91 Å². The van der Waals surface area contributed by atoms with Gasteiger partial charge in [0, 0.05) is 32.2 Å². The highest BCUT2D eigenvalue weighted by molar-refractivity contribution is 6.36. The van der Waals surface area contributed by atoms with Crippen molar-refractivity contribution in [3.8, 4) is 6.07 Å². The summed E-state index contributed by atoms with van der Waals surface area (Å²) in [6, 6.07) is 5.34. The highest BCUT2D eigenvalue weighted by Crippen LogP contribution is 2.45. The molecule has 0 bridgehead atoms. The van der Waals surface area contributed by atoms with Crippen LogP contribution in [0.25, 0.3) is 0 Å². The first-order chi connectivity index (χ1) is 13.5. The van der Waals surface area contributed by atoms with Crippen molar-refractivity contribution in [3.63, 3.8) is 0 Å². The maximum absolute atomic E-state index is 12.6.